The van der Waals surface area contributed by atoms with Crippen LogP contribution in [0, 0.1) is 5.92 Å². The zero-order valence-electron chi connectivity index (χ0n) is 12.3. The number of rotatable bonds is 5. The standard InChI is InChI=1S/C14H24N2O2S/c1-5-13(2)11(17)15-14(3,10-6-7-10)12(18)16(13)8-9-19-4/h10H,5-9H2,1-4H3,(H,15,17). The molecule has 1 saturated heterocycles. The summed E-state index contributed by atoms with van der Waals surface area (Å²) >= 11 is 1.71. The molecule has 0 aromatic rings. The number of carbonyl (C=O) groups is 2. The number of hydrogen-bond acceptors (Lipinski definition) is 3. The summed E-state index contributed by atoms with van der Waals surface area (Å²) in [6, 6.07) is 0. The second kappa shape index (κ2) is 5.00. The molecule has 5 heteroatoms. The Morgan fingerprint density at radius 2 is 2.00 bits per heavy atom. The highest BCUT2D eigenvalue weighted by Crippen LogP contribution is 2.44. The number of amides is 2. The molecule has 1 N–H and O–H groups in total. The van der Waals surface area contributed by atoms with Crippen LogP contribution >= 0.6 is 11.8 Å². The normalized spacial score (nSPS) is 35.5. The Hall–Kier alpha value is -0.710. The molecule has 2 aliphatic rings. The summed E-state index contributed by atoms with van der Waals surface area (Å²) < 4.78 is 0. The highest BCUT2D eigenvalue weighted by molar-refractivity contribution is 7.98. The molecule has 1 aliphatic heterocycles. The van der Waals surface area contributed by atoms with Crippen LogP contribution in [-0.4, -0.2) is 46.3 Å². The van der Waals surface area contributed by atoms with Gasteiger partial charge in [0, 0.05) is 12.3 Å². The number of carbonyl (C=O) groups excluding carboxylic acids is 2. The molecule has 0 radical (unpaired) electrons. The van der Waals surface area contributed by atoms with E-state index in [-0.39, 0.29) is 11.8 Å². The van der Waals surface area contributed by atoms with Crippen molar-refractivity contribution >= 4 is 23.6 Å². The second-order valence-corrected chi connectivity index (χ2v) is 6.99. The third kappa shape index (κ3) is 2.26. The minimum Gasteiger partial charge on any atom is -0.340 e. The summed E-state index contributed by atoms with van der Waals surface area (Å²) in [7, 11) is 0. The summed E-state index contributed by atoms with van der Waals surface area (Å²) in [5.41, 5.74) is -1.37. The lowest BCUT2D eigenvalue weighted by molar-refractivity contribution is -0.162. The first-order chi connectivity index (χ1) is 8.90. The van der Waals surface area contributed by atoms with Crippen LogP contribution in [-0.2, 0) is 9.59 Å². The van der Waals surface area contributed by atoms with Gasteiger partial charge in [0.05, 0.1) is 0 Å². The van der Waals surface area contributed by atoms with Crippen molar-refractivity contribution in [2.75, 3.05) is 18.6 Å². The Morgan fingerprint density at radius 1 is 1.37 bits per heavy atom. The molecule has 4 nitrogen and oxygen atoms in total. The van der Waals surface area contributed by atoms with E-state index in [2.05, 4.69) is 5.32 Å². The molecule has 19 heavy (non-hydrogen) atoms. The van der Waals surface area contributed by atoms with Crippen molar-refractivity contribution < 1.29 is 9.59 Å². The van der Waals surface area contributed by atoms with Crippen LogP contribution in [0.15, 0.2) is 0 Å². The van der Waals surface area contributed by atoms with Crippen molar-refractivity contribution in [3.63, 3.8) is 0 Å². The van der Waals surface area contributed by atoms with Crippen LogP contribution in [0.2, 0.25) is 0 Å². The molecular formula is C14H24N2O2S. The minimum atomic E-state index is -0.693. The van der Waals surface area contributed by atoms with Gasteiger partial charge < -0.3 is 10.2 Å². The van der Waals surface area contributed by atoms with Gasteiger partial charge >= 0.3 is 0 Å². The van der Waals surface area contributed by atoms with Crippen LogP contribution < -0.4 is 5.32 Å². The van der Waals surface area contributed by atoms with Gasteiger partial charge in [-0.2, -0.15) is 11.8 Å². The first-order valence-corrected chi connectivity index (χ1v) is 8.43. The van der Waals surface area contributed by atoms with Gasteiger partial charge in [-0.25, -0.2) is 0 Å². The first kappa shape index (κ1) is 14.7. The van der Waals surface area contributed by atoms with Crippen molar-refractivity contribution in [2.45, 2.75) is 51.1 Å². The number of nitrogens with zero attached hydrogens (tertiary/aromatic N) is 1. The summed E-state index contributed by atoms with van der Waals surface area (Å²) in [6.07, 6.45) is 4.76. The molecule has 108 valence electrons. The Kier molecular flexibility index (Phi) is 3.87. The third-order valence-electron chi connectivity index (χ3n) is 4.75. The highest BCUT2D eigenvalue weighted by Gasteiger charge is 2.58. The topological polar surface area (TPSA) is 49.4 Å². The SMILES string of the molecule is CCC1(C)C(=O)NC(C)(C2CC2)C(=O)N1CCSC. The van der Waals surface area contributed by atoms with Gasteiger partial charge in [0.25, 0.3) is 0 Å². The summed E-state index contributed by atoms with van der Waals surface area (Å²) in [5, 5.41) is 3.02. The molecule has 2 rings (SSSR count). The average molecular weight is 284 g/mol. The van der Waals surface area contributed by atoms with E-state index in [1.807, 2.05) is 31.9 Å². The van der Waals surface area contributed by atoms with Crippen molar-refractivity contribution in [1.29, 1.82) is 0 Å². The zero-order chi connectivity index (χ0) is 14.3. The molecule has 2 atom stereocenters. The monoisotopic (exact) mass is 284 g/mol. The number of hydrogen-bond donors (Lipinski definition) is 1. The van der Waals surface area contributed by atoms with Gasteiger partial charge in [-0.3, -0.25) is 9.59 Å². The van der Waals surface area contributed by atoms with Crippen LogP contribution in [0.3, 0.4) is 0 Å². The Balaban J connectivity index is 2.30. The van der Waals surface area contributed by atoms with Crippen molar-refractivity contribution in [3.05, 3.63) is 0 Å². The van der Waals surface area contributed by atoms with Gasteiger partial charge in [0.1, 0.15) is 11.1 Å². The predicted octanol–water partition coefficient (Wildman–Crippen LogP) is 1.65. The molecule has 1 saturated carbocycles. The van der Waals surface area contributed by atoms with Crippen LogP contribution in [0.1, 0.15) is 40.0 Å². The fourth-order valence-electron chi connectivity index (χ4n) is 2.87. The lowest BCUT2D eigenvalue weighted by atomic mass is 9.83. The summed E-state index contributed by atoms with van der Waals surface area (Å²) in [5.74, 6) is 1.30. The van der Waals surface area contributed by atoms with Gasteiger partial charge in [0.15, 0.2) is 0 Å². The van der Waals surface area contributed by atoms with E-state index in [4.69, 9.17) is 0 Å². The van der Waals surface area contributed by atoms with Crippen molar-refractivity contribution in [3.8, 4) is 0 Å². The van der Waals surface area contributed by atoms with E-state index in [9.17, 15) is 9.59 Å². The van der Waals surface area contributed by atoms with E-state index in [1.54, 1.807) is 11.8 Å². The van der Waals surface area contributed by atoms with Gasteiger partial charge in [-0.05, 0) is 45.3 Å². The van der Waals surface area contributed by atoms with Gasteiger partial charge in [-0.15, -0.1) is 0 Å². The van der Waals surface area contributed by atoms with Crippen LogP contribution in [0.5, 0.6) is 0 Å². The molecular weight excluding hydrogens is 260 g/mol. The quantitative estimate of drug-likeness (QED) is 0.835. The molecule has 0 aromatic carbocycles. The summed E-state index contributed by atoms with van der Waals surface area (Å²) in [4.78, 5) is 27.2. The summed E-state index contributed by atoms with van der Waals surface area (Å²) in [6.45, 7) is 6.40. The van der Waals surface area contributed by atoms with Crippen molar-refractivity contribution in [2.24, 2.45) is 5.92 Å². The fraction of sp³-hybridized carbons (Fsp3) is 0.857. The van der Waals surface area contributed by atoms with Crippen LogP contribution in [0.25, 0.3) is 0 Å². The maximum absolute atomic E-state index is 12.9. The maximum atomic E-state index is 12.9. The molecule has 0 bridgehead atoms. The lowest BCUT2D eigenvalue weighted by Gasteiger charge is -2.50. The lowest BCUT2D eigenvalue weighted by Crippen LogP contribution is -2.74. The highest BCUT2D eigenvalue weighted by atomic mass is 32.2. The van der Waals surface area contributed by atoms with E-state index < -0.39 is 11.1 Å². The molecule has 2 fully saturated rings. The second-order valence-electron chi connectivity index (χ2n) is 6.01. The predicted molar refractivity (Wildman–Crippen MR) is 78.1 cm³/mol. The molecule has 0 aromatic heterocycles. The van der Waals surface area contributed by atoms with Crippen LogP contribution in [0.4, 0.5) is 0 Å². The molecule has 1 heterocycles. The molecule has 2 unspecified atom stereocenters. The van der Waals surface area contributed by atoms with Crippen molar-refractivity contribution in [1.82, 2.24) is 10.2 Å². The largest absolute Gasteiger partial charge is 0.340 e. The first-order valence-electron chi connectivity index (χ1n) is 7.03. The Bertz CT molecular complexity index is 397. The smallest absolute Gasteiger partial charge is 0.249 e. The van der Waals surface area contributed by atoms with E-state index in [0.29, 0.717) is 18.9 Å². The van der Waals surface area contributed by atoms with E-state index in [0.717, 1.165) is 18.6 Å². The average Bonchev–Trinajstić information content (AvgIpc) is 3.21. The van der Waals surface area contributed by atoms with E-state index >= 15 is 0 Å². The molecule has 2 amide bonds. The molecule has 1 aliphatic carbocycles. The zero-order valence-corrected chi connectivity index (χ0v) is 13.1. The number of nitrogens with one attached hydrogen (secondary N) is 1. The van der Waals surface area contributed by atoms with Gasteiger partial charge in [-0.1, -0.05) is 6.92 Å². The number of thioether (sulfide) groups is 1. The Morgan fingerprint density at radius 3 is 2.47 bits per heavy atom. The number of piperazine rings is 1. The van der Waals surface area contributed by atoms with Gasteiger partial charge in [0.2, 0.25) is 11.8 Å². The molecule has 0 spiro atoms. The minimum absolute atomic E-state index is 0.00473. The third-order valence-corrected chi connectivity index (χ3v) is 5.34. The fourth-order valence-corrected chi connectivity index (χ4v) is 3.24. The Labute approximate surface area is 119 Å². The van der Waals surface area contributed by atoms with E-state index in [1.165, 1.54) is 0 Å². The maximum Gasteiger partial charge on any atom is 0.249 e.